The summed E-state index contributed by atoms with van der Waals surface area (Å²) >= 11 is 0. The SMILES string of the molecule is CCCOCCOc1ccc2cc(C#CCO)ccc2c1. The lowest BCUT2D eigenvalue weighted by atomic mass is 10.1. The first-order valence-electron chi connectivity index (χ1n) is 7.17. The van der Waals surface area contributed by atoms with Gasteiger partial charge in [0, 0.05) is 12.2 Å². The third-order valence-electron chi connectivity index (χ3n) is 2.97. The molecule has 0 aliphatic carbocycles. The van der Waals surface area contributed by atoms with E-state index in [0.717, 1.165) is 35.1 Å². The Hall–Kier alpha value is -2.02. The van der Waals surface area contributed by atoms with Gasteiger partial charge in [-0.15, -0.1) is 0 Å². The van der Waals surface area contributed by atoms with Gasteiger partial charge in [0.25, 0.3) is 0 Å². The van der Waals surface area contributed by atoms with Crippen LogP contribution in [0, 0.1) is 11.8 Å². The third-order valence-corrected chi connectivity index (χ3v) is 2.97. The van der Waals surface area contributed by atoms with Crippen molar-refractivity contribution in [2.75, 3.05) is 26.4 Å². The quantitative estimate of drug-likeness (QED) is 0.654. The van der Waals surface area contributed by atoms with Crippen molar-refractivity contribution in [3.05, 3.63) is 42.0 Å². The van der Waals surface area contributed by atoms with Gasteiger partial charge in [0.1, 0.15) is 19.0 Å². The second-order valence-corrected chi connectivity index (χ2v) is 4.64. The number of rotatable bonds is 6. The molecule has 0 amide bonds. The van der Waals surface area contributed by atoms with E-state index in [1.807, 2.05) is 36.4 Å². The maximum absolute atomic E-state index is 8.71. The second kappa shape index (κ2) is 8.31. The largest absolute Gasteiger partial charge is 0.491 e. The summed E-state index contributed by atoms with van der Waals surface area (Å²) in [5.41, 5.74) is 0.901. The first-order valence-corrected chi connectivity index (χ1v) is 7.17. The summed E-state index contributed by atoms with van der Waals surface area (Å²) in [7, 11) is 0. The molecule has 0 radical (unpaired) electrons. The van der Waals surface area contributed by atoms with Crippen molar-refractivity contribution in [1.29, 1.82) is 0 Å². The maximum Gasteiger partial charge on any atom is 0.120 e. The molecule has 3 nitrogen and oxygen atoms in total. The van der Waals surface area contributed by atoms with Crippen LogP contribution >= 0.6 is 0 Å². The van der Waals surface area contributed by atoms with E-state index in [2.05, 4.69) is 18.8 Å². The van der Waals surface area contributed by atoms with Crippen LogP contribution in [-0.4, -0.2) is 31.5 Å². The van der Waals surface area contributed by atoms with E-state index in [9.17, 15) is 0 Å². The summed E-state index contributed by atoms with van der Waals surface area (Å²) in [6.45, 7) is 3.92. The standard InChI is InChI=1S/C18H20O3/c1-2-10-20-11-12-21-18-8-7-16-13-15(4-3-9-19)5-6-17(16)14-18/h5-8,13-14,19H,2,9-12H2,1H3. The molecule has 110 valence electrons. The highest BCUT2D eigenvalue weighted by atomic mass is 16.5. The Morgan fingerprint density at radius 3 is 2.62 bits per heavy atom. The van der Waals surface area contributed by atoms with Crippen LogP contribution < -0.4 is 4.74 Å². The molecule has 1 N–H and O–H groups in total. The maximum atomic E-state index is 8.71. The Labute approximate surface area is 125 Å². The molecule has 0 saturated carbocycles. The van der Waals surface area contributed by atoms with Crippen molar-refractivity contribution in [2.45, 2.75) is 13.3 Å². The molecule has 2 aromatic carbocycles. The molecule has 2 rings (SSSR count). The summed E-state index contributed by atoms with van der Waals surface area (Å²) in [6, 6.07) is 11.9. The fourth-order valence-electron chi connectivity index (χ4n) is 2.00. The smallest absolute Gasteiger partial charge is 0.120 e. The summed E-state index contributed by atoms with van der Waals surface area (Å²) in [6.07, 6.45) is 1.03. The minimum absolute atomic E-state index is 0.120. The van der Waals surface area contributed by atoms with Crippen LogP contribution in [0.5, 0.6) is 5.75 Å². The predicted molar refractivity (Wildman–Crippen MR) is 84.5 cm³/mol. The van der Waals surface area contributed by atoms with Crippen LogP contribution in [0.2, 0.25) is 0 Å². The first-order chi connectivity index (χ1) is 10.3. The van der Waals surface area contributed by atoms with Gasteiger partial charge < -0.3 is 14.6 Å². The van der Waals surface area contributed by atoms with Crippen molar-refractivity contribution < 1.29 is 14.6 Å². The fourth-order valence-corrected chi connectivity index (χ4v) is 2.00. The van der Waals surface area contributed by atoms with Crippen LogP contribution in [-0.2, 0) is 4.74 Å². The summed E-state index contributed by atoms with van der Waals surface area (Å²) in [5.74, 6) is 6.40. The number of benzene rings is 2. The van der Waals surface area contributed by atoms with Crippen molar-refractivity contribution in [2.24, 2.45) is 0 Å². The van der Waals surface area contributed by atoms with Crippen LogP contribution in [0.1, 0.15) is 18.9 Å². The number of aliphatic hydroxyl groups is 1. The molecular formula is C18H20O3. The third kappa shape index (κ3) is 4.78. The number of fused-ring (bicyclic) bond motifs is 1. The molecule has 21 heavy (non-hydrogen) atoms. The Kier molecular flexibility index (Phi) is 6.08. The van der Waals surface area contributed by atoms with Gasteiger partial charge in [-0.1, -0.05) is 30.9 Å². The molecule has 3 heteroatoms. The Bertz CT molecular complexity index is 638. The highest BCUT2D eigenvalue weighted by Gasteiger charge is 1.99. The number of ether oxygens (including phenoxy) is 2. The Morgan fingerprint density at radius 1 is 1.00 bits per heavy atom. The average molecular weight is 284 g/mol. The lowest BCUT2D eigenvalue weighted by Gasteiger charge is -2.08. The molecule has 0 heterocycles. The molecule has 0 aliphatic heterocycles. The van der Waals surface area contributed by atoms with Crippen molar-refractivity contribution in [3.8, 4) is 17.6 Å². The second-order valence-electron chi connectivity index (χ2n) is 4.64. The van der Waals surface area contributed by atoms with Crippen LogP contribution in [0.15, 0.2) is 36.4 Å². The Balaban J connectivity index is 2.01. The minimum Gasteiger partial charge on any atom is -0.491 e. The van der Waals surface area contributed by atoms with Crippen LogP contribution in [0.4, 0.5) is 0 Å². The van der Waals surface area contributed by atoms with Gasteiger partial charge >= 0.3 is 0 Å². The van der Waals surface area contributed by atoms with E-state index >= 15 is 0 Å². The normalized spacial score (nSPS) is 10.2. The molecule has 0 fully saturated rings. The molecule has 0 bridgehead atoms. The highest BCUT2D eigenvalue weighted by molar-refractivity contribution is 5.85. The van der Waals surface area contributed by atoms with Gasteiger partial charge in [0.05, 0.1) is 6.61 Å². The van der Waals surface area contributed by atoms with E-state index in [1.165, 1.54) is 0 Å². The van der Waals surface area contributed by atoms with Crippen LogP contribution in [0.25, 0.3) is 10.8 Å². The molecular weight excluding hydrogens is 264 g/mol. The lowest BCUT2D eigenvalue weighted by Crippen LogP contribution is -2.06. The van der Waals surface area contributed by atoms with Crippen molar-refractivity contribution in [1.82, 2.24) is 0 Å². The van der Waals surface area contributed by atoms with Gasteiger partial charge in [-0.05, 0) is 41.5 Å². The average Bonchev–Trinajstić information content (AvgIpc) is 2.52. The first kappa shape index (κ1) is 15.4. The molecule has 2 aromatic rings. The fraction of sp³-hybridized carbons (Fsp3) is 0.333. The zero-order valence-electron chi connectivity index (χ0n) is 12.3. The van der Waals surface area contributed by atoms with E-state index in [0.29, 0.717) is 13.2 Å². The number of hydrogen-bond acceptors (Lipinski definition) is 3. The number of aliphatic hydroxyl groups excluding tert-OH is 1. The highest BCUT2D eigenvalue weighted by Crippen LogP contribution is 2.21. The zero-order valence-corrected chi connectivity index (χ0v) is 12.3. The molecule has 0 atom stereocenters. The molecule has 0 saturated heterocycles. The summed E-state index contributed by atoms with van der Waals surface area (Å²) in [5, 5.41) is 10.9. The van der Waals surface area contributed by atoms with Crippen molar-refractivity contribution >= 4 is 10.8 Å². The Morgan fingerprint density at radius 2 is 1.81 bits per heavy atom. The zero-order chi connectivity index (χ0) is 14.9. The van der Waals surface area contributed by atoms with E-state index in [4.69, 9.17) is 14.6 Å². The predicted octanol–water partition coefficient (Wildman–Crippen LogP) is 2.99. The molecule has 0 aromatic heterocycles. The molecule has 0 spiro atoms. The van der Waals surface area contributed by atoms with Gasteiger partial charge in [-0.2, -0.15) is 0 Å². The summed E-state index contributed by atoms with van der Waals surface area (Å²) < 4.78 is 11.1. The van der Waals surface area contributed by atoms with Gasteiger partial charge in [0.2, 0.25) is 0 Å². The van der Waals surface area contributed by atoms with Gasteiger partial charge in [-0.3, -0.25) is 0 Å². The molecule has 0 unspecified atom stereocenters. The monoisotopic (exact) mass is 284 g/mol. The van der Waals surface area contributed by atoms with E-state index in [-0.39, 0.29) is 6.61 Å². The minimum atomic E-state index is -0.120. The van der Waals surface area contributed by atoms with E-state index in [1.54, 1.807) is 0 Å². The van der Waals surface area contributed by atoms with E-state index < -0.39 is 0 Å². The topological polar surface area (TPSA) is 38.7 Å². The lowest BCUT2D eigenvalue weighted by molar-refractivity contribution is 0.101. The van der Waals surface area contributed by atoms with Gasteiger partial charge in [-0.25, -0.2) is 0 Å². The van der Waals surface area contributed by atoms with Crippen molar-refractivity contribution in [3.63, 3.8) is 0 Å². The van der Waals surface area contributed by atoms with Gasteiger partial charge in [0.15, 0.2) is 0 Å². The summed E-state index contributed by atoms with van der Waals surface area (Å²) in [4.78, 5) is 0. The number of hydrogen-bond donors (Lipinski definition) is 1. The molecule has 0 aliphatic rings. The van der Waals surface area contributed by atoms with Crippen LogP contribution in [0.3, 0.4) is 0 Å².